The Morgan fingerprint density at radius 2 is 1.94 bits per heavy atom. The van der Waals surface area contributed by atoms with Crippen molar-refractivity contribution in [2.75, 3.05) is 27.3 Å². The van der Waals surface area contributed by atoms with Crippen LogP contribution in [0.25, 0.3) is 5.69 Å². The van der Waals surface area contributed by atoms with Gasteiger partial charge in [-0.3, -0.25) is 9.59 Å². The lowest BCUT2D eigenvalue weighted by atomic mass is 10.0. The zero-order chi connectivity index (χ0) is 22.8. The highest BCUT2D eigenvalue weighted by atomic mass is 35.5. The van der Waals surface area contributed by atoms with Crippen LogP contribution in [0.4, 0.5) is 0 Å². The summed E-state index contributed by atoms with van der Waals surface area (Å²) < 4.78 is 7.17. The number of carbonyl (C=O) groups is 1. The van der Waals surface area contributed by atoms with Gasteiger partial charge in [0.1, 0.15) is 5.56 Å². The molecule has 1 atom stereocenters. The molecule has 0 aliphatic carbocycles. The fraction of sp³-hybridized carbons (Fsp3) is 0.280. The summed E-state index contributed by atoms with van der Waals surface area (Å²) in [4.78, 5) is 29.2. The van der Waals surface area contributed by atoms with Crippen LogP contribution in [-0.4, -0.2) is 42.7 Å². The van der Waals surface area contributed by atoms with E-state index in [1.54, 1.807) is 36.9 Å². The fourth-order valence-electron chi connectivity index (χ4n) is 4.09. The molecule has 166 valence electrons. The Morgan fingerprint density at radius 1 is 1.22 bits per heavy atom. The number of thioether (sulfide) groups is 1. The number of aromatic nitrogens is 1. The highest BCUT2D eigenvalue weighted by Gasteiger charge is 2.30. The van der Waals surface area contributed by atoms with E-state index in [4.69, 9.17) is 16.3 Å². The van der Waals surface area contributed by atoms with E-state index in [1.807, 2.05) is 49.4 Å². The van der Waals surface area contributed by atoms with Gasteiger partial charge in [-0.2, -0.15) is 0 Å². The van der Waals surface area contributed by atoms with E-state index in [0.717, 1.165) is 21.8 Å². The second-order valence-electron chi connectivity index (χ2n) is 7.83. The maximum absolute atomic E-state index is 13.4. The molecule has 0 N–H and O–H groups in total. The maximum atomic E-state index is 13.4. The number of methoxy groups -OCH3 is 1. The lowest BCUT2D eigenvalue weighted by Gasteiger charge is -2.23. The Morgan fingerprint density at radius 3 is 2.69 bits per heavy atom. The highest BCUT2D eigenvalue weighted by Crippen LogP contribution is 2.45. The number of nitrogens with zero attached hydrogens (tertiary/aromatic N) is 2. The van der Waals surface area contributed by atoms with Crippen LogP contribution in [0.3, 0.4) is 0 Å². The first kappa shape index (κ1) is 22.6. The number of hydrogen-bond donors (Lipinski definition) is 0. The van der Waals surface area contributed by atoms with Crippen molar-refractivity contribution in [3.05, 3.63) is 92.4 Å². The normalized spacial score (nSPS) is 14.9. The van der Waals surface area contributed by atoms with E-state index < -0.39 is 0 Å². The lowest BCUT2D eigenvalue weighted by Crippen LogP contribution is -2.36. The van der Waals surface area contributed by atoms with Crippen LogP contribution in [0.1, 0.15) is 32.6 Å². The molecule has 7 heteroatoms. The number of pyridine rings is 1. The number of ether oxygens (including phenoxy) is 1. The first-order valence-corrected chi connectivity index (χ1v) is 11.7. The zero-order valence-corrected chi connectivity index (χ0v) is 19.9. The zero-order valence-electron chi connectivity index (χ0n) is 18.3. The standard InChI is InChI=1S/C25H25ClN2O3S/c1-16-14-21(29)24(25(30)27(2)12-13-31-3)20-15-23(17-8-4-5-9-18(17)26)32-22-11-7-6-10-19(22)28(16)20/h4-11,14,23H,12-13,15H2,1-3H3/t23-/m1/s1. The van der Waals surface area contributed by atoms with Crippen molar-refractivity contribution in [1.29, 1.82) is 0 Å². The summed E-state index contributed by atoms with van der Waals surface area (Å²) in [6.07, 6.45) is 0.499. The van der Waals surface area contributed by atoms with E-state index in [9.17, 15) is 9.59 Å². The molecular weight excluding hydrogens is 444 g/mol. The summed E-state index contributed by atoms with van der Waals surface area (Å²) >= 11 is 8.27. The van der Waals surface area contributed by atoms with E-state index in [0.29, 0.717) is 30.3 Å². The van der Waals surface area contributed by atoms with Crippen molar-refractivity contribution in [1.82, 2.24) is 9.47 Å². The third kappa shape index (κ3) is 4.22. The maximum Gasteiger partial charge on any atom is 0.259 e. The van der Waals surface area contributed by atoms with Gasteiger partial charge in [-0.1, -0.05) is 41.9 Å². The summed E-state index contributed by atoms with van der Waals surface area (Å²) in [6, 6.07) is 17.4. The van der Waals surface area contributed by atoms with Gasteiger partial charge in [0.05, 0.1) is 12.3 Å². The summed E-state index contributed by atoms with van der Waals surface area (Å²) in [5, 5.41) is 0.631. The van der Waals surface area contributed by atoms with E-state index >= 15 is 0 Å². The van der Waals surface area contributed by atoms with Gasteiger partial charge in [-0.15, -0.1) is 11.8 Å². The van der Waals surface area contributed by atoms with Crippen molar-refractivity contribution in [2.45, 2.75) is 23.5 Å². The number of hydrogen-bond acceptors (Lipinski definition) is 4. The number of benzene rings is 2. The number of amides is 1. The molecule has 2 heterocycles. The van der Waals surface area contributed by atoms with Crippen LogP contribution in [-0.2, 0) is 11.2 Å². The highest BCUT2D eigenvalue weighted by molar-refractivity contribution is 7.99. The Hall–Kier alpha value is -2.54. The van der Waals surface area contributed by atoms with E-state index in [2.05, 4.69) is 10.6 Å². The average molecular weight is 469 g/mol. The summed E-state index contributed by atoms with van der Waals surface area (Å²) in [6.45, 7) is 2.71. The van der Waals surface area contributed by atoms with Crippen molar-refractivity contribution in [2.24, 2.45) is 0 Å². The molecule has 0 saturated carbocycles. The minimum absolute atomic E-state index is 0.0457. The number of likely N-dealkylation sites (N-methyl/N-ethyl adjacent to an activating group) is 1. The number of halogens is 1. The molecule has 1 amide bonds. The van der Waals surface area contributed by atoms with Gasteiger partial charge < -0.3 is 14.2 Å². The molecule has 0 bridgehead atoms. The third-order valence-electron chi connectivity index (χ3n) is 5.70. The molecule has 1 aliphatic rings. The number of fused-ring (bicyclic) bond motifs is 3. The number of para-hydroxylation sites is 1. The van der Waals surface area contributed by atoms with Crippen molar-refractivity contribution < 1.29 is 9.53 Å². The van der Waals surface area contributed by atoms with Crippen LogP contribution in [0, 0.1) is 6.92 Å². The fourth-order valence-corrected chi connectivity index (χ4v) is 5.74. The smallest absolute Gasteiger partial charge is 0.259 e. The molecule has 1 aliphatic heterocycles. The Balaban J connectivity index is 1.95. The van der Waals surface area contributed by atoms with Crippen molar-refractivity contribution >= 4 is 29.3 Å². The molecule has 3 aromatic rings. The third-order valence-corrected chi connectivity index (χ3v) is 7.34. The molecule has 0 radical (unpaired) electrons. The average Bonchev–Trinajstić information content (AvgIpc) is 2.94. The Kier molecular flexibility index (Phi) is 6.74. The van der Waals surface area contributed by atoms with Crippen molar-refractivity contribution in [3.8, 4) is 5.69 Å². The first-order valence-electron chi connectivity index (χ1n) is 10.4. The van der Waals surface area contributed by atoms with Crippen LogP contribution in [0.15, 0.2) is 64.3 Å². The van der Waals surface area contributed by atoms with E-state index in [1.165, 1.54) is 0 Å². The molecule has 1 aromatic heterocycles. The van der Waals surface area contributed by atoms with Gasteiger partial charge in [0.25, 0.3) is 5.91 Å². The predicted octanol–water partition coefficient (Wildman–Crippen LogP) is 4.91. The molecule has 0 spiro atoms. The topological polar surface area (TPSA) is 51.5 Å². The Labute approximate surface area is 197 Å². The number of aryl methyl sites for hydroxylation is 1. The number of carbonyl (C=O) groups excluding carboxylic acids is 1. The first-order chi connectivity index (χ1) is 15.4. The van der Waals surface area contributed by atoms with Crippen molar-refractivity contribution in [3.63, 3.8) is 0 Å². The van der Waals surface area contributed by atoms with Gasteiger partial charge in [0.15, 0.2) is 5.43 Å². The van der Waals surface area contributed by atoms with Gasteiger partial charge in [0, 0.05) is 59.7 Å². The largest absolute Gasteiger partial charge is 0.383 e. The predicted molar refractivity (Wildman–Crippen MR) is 129 cm³/mol. The van der Waals surface area contributed by atoms with Gasteiger partial charge >= 0.3 is 0 Å². The van der Waals surface area contributed by atoms with Gasteiger partial charge in [0.2, 0.25) is 0 Å². The van der Waals surface area contributed by atoms with Crippen LogP contribution in [0.2, 0.25) is 5.02 Å². The van der Waals surface area contributed by atoms with Crippen LogP contribution in [0.5, 0.6) is 0 Å². The van der Waals surface area contributed by atoms with Gasteiger partial charge in [-0.25, -0.2) is 0 Å². The second kappa shape index (κ2) is 9.53. The van der Waals surface area contributed by atoms with Gasteiger partial charge in [-0.05, 0) is 30.7 Å². The SMILES string of the molecule is COCCN(C)C(=O)c1c2n(c(C)cc1=O)-c1ccccc1S[C@@H](c1ccccc1Cl)C2. The lowest BCUT2D eigenvalue weighted by molar-refractivity contribution is 0.0741. The molecule has 0 fully saturated rings. The molecule has 0 unspecified atom stereocenters. The quantitative estimate of drug-likeness (QED) is 0.534. The molecular formula is C25H25ClN2O3S. The minimum atomic E-state index is -0.293. The molecule has 4 rings (SSSR count). The van der Waals surface area contributed by atoms with Crippen LogP contribution < -0.4 is 5.43 Å². The van der Waals surface area contributed by atoms with E-state index in [-0.39, 0.29) is 22.1 Å². The molecule has 5 nitrogen and oxygen atoms in total. The monoisotopic (exact) mass is 468 g/mol. The molecule has 2 aromatic carbocycles. The molecule has 0 saturated heterocycles. The molecule has 32 heavy (non-hydrogen) atoms. The summed E-state index contributed by atoms with van der Waals surface area (Å²) in [5.41, 5.74) is 3.42. The Bertz CT molecular complexity index is 1220. The van der Waals surface area contributed by atoms with Crippen LogP contribution >= 0.6 is 23.4 Å². The summed E-state index contributed by atoms with van der Waals surface area (Å²) in [5.74, 6) is -0.293. The minimum Gasteiger partial charge on any atom is -0.383 e. The number of rotatable bonds is 5. The summed E-state index contributed by atoms with van der Waals surface area (Å²) in [7, 11) is 3.29. The second-order valence-corrected chi connectivity index (χ2v) is 9.48.